The smallest absolute Gasteiger partial charge is 0.414 e. The first-order chi connectivity index (χ1) is 12.5. The SMILES string of the molecule is O=C1OCc2cc(Br)ccc2N1C1CCN(S(=O)(=O)c2ccsc2)CC1. The lowest BCUT2D eigenvalue weighted by Gasteiger charge is -2.39. The van der Waals surface area contributed by atoms with Crippen LogP contribution in [0.5, 0.6) is 0 Å². The van der Waals surface area contributed by atoms with Gasteiger partial charge in [-0.2, -0.15) is 15.6 Å². The van der Waals surface area contributed by atoms with Crippen LogP contribution in [0.15, 0.2) is 44.4 Å². The summed E-state index contributed by atoms with van der Waals surface area (Å²) in [7, 11) is -3.45. The number of anilines is 1. The van der Waals surface area contributed by atoms with E-state index in [4.69, 9.17) is 4.74 Å². The molecule has 0 saturated carbocycles. The third-order valence-electron chi connectivity index (χ3n) is 4.77. The third kappa shape index (κ3) is 3.17. The van der Waals surface area contributed by atoms with Gasteiger partial charge >= 0.3 is 6.09 Å². The van der Waals surface area contributed by atoms with Gasteiger partial charge in [-0.1, -0.05) is 15.9 Å². The summed E-state index contributed by atoms with van der Waals surface area (Å²) < 4.78 is 33.1. The molecule has 9 heteroatoms. The van der Waals surface area contributed by atoms with Gasteiger partial charge in [0.15, 0.2) is 0 Å². The molecule has 4 rings (SSSR count). The molecule has 0 atom stereocenters. The molecule has 138 valence electrons. The molecule has 6 nitrogen and oxygen atoms in total. The fraction of sp³-hybridized carbons (Fsp3) is 0.353. The van der Waals surface area contributed by atoms with Crippen molar-refractivity contribution >= 4 is 49.1 Å². The zero-order valence-corrected chi connectivity index (χ0v) is 17.0. The molecule has 2 aliphatic rings. The van der Waals surface area contributed by atoms with Gasteiger partial charge in [0, 0.05) is 34.5 Å². The molecule has 26 heavy (non-hydrogen) atoms. The fourth-order valence-corrected chi connectivity index (χ4v) is 6.34. The average molecular weight is 457 g/mol. The first-order valence-corrected chi connectivity index (χ1v) is 11.4. The summed E-state index contributed by atoms with van der Waals surface area (Å²) in [5, 5.41) is 3.41. The zero-order valence-electron chi connectivity index (χ0n) is 13.8. The van der Waals surface area contributed by atoms with Crippen molar-refractivity contribution < 1.29 is 17.9 Å². The van der Waals surface area contributed by atoms with Gasteiger partial charge in [0.1, 0.15) is 6.61 Å². The van der Waals surface area contributed by atoms with Crippen LogP contribution < -0.4 is 4.90 Å². The normalized spacial score (nSPS) is 19.3. The minimum Gasteiger partial charge on any atom is -0.444 e. The molecule has 0 unspecified atom stereocenters. The number of piperidine rings is 1. The number of hydrogen-bond acceptors (Lipinski definition) is 5. The second-order valence-electron chi connectivity index (χ2n) is 6.29. The lowest BCUT2D eigenvalue weighted by molar-refractivity contribution is 0.135. The van der Waals surface area contributed by atoms with Crippen molar-refractivity contribution in [3.8, 4) is 0 Å². The van der Waals surface area contributed by atoms with Crippen LogP contribution in [-0.2, 0) is 21.4 Å². The number of rotatable bonds is 3. The Hall–Kier alpha value is -1.42. The molecule has 2 aromatic rings. The van der Waals surface area contributed by atoms with Crippen LogP contribution in [0.1, 0.15) is 18.4 Å². The highest BCUT2D eigenvalue weighted by molar-refractivity contribution is 9.10. The Morgan fingerprint density at radius 3 is 2.65 bits per heavy atom. The molecule has 2 aliphatic heterocycles. The lowest BCUT2D eigenvalue weighted by Crippen LogP contribution is -2.50. The number of thiophene rings is 1. The predicted molar refractivity (Wildman–Crippen MR) is 103 cm³/mol. The summed E-state index contributed by atoms with van der Waals surface area (Å²) in [5.41, 5.74) is 1.80. The molecule has 0 aliphatic carbocycles. The summed E-state index contributed by atoms with van der Waals surface area (Å²) >= 11 is 4.81. The molecular formula is C17H17BrN2O4S2. The van der Waals surface area contributed by atoms with E-state index in [-0.39, 0.29) is 18.7 Å². The van der Waals surface area contributed by atoms with Crippen LogP contribution in [0.25, 0.3) is 0 Å². The second kappa shape index (κ2) is 6.95. The van der Waals surface area contributed by atoms with Crippen LogP contribution in [-0.4, -0.2) is 37.9 Å². The average Bonchev–Trinajstić information content (AvgIpc) is 3.17. The first kappa shape index (κ1) is 18.0. The van der Waals surface area contributed by atoms with Crippen LogP contribution in [0.3, 0.4) is 0 Å². The molecule has 1 amide bonds. The number of benzene rings is 1. The van der Waals surface area contributed by atoms with E-state index < -0.39 is 10.0 Å². The highest BCUT2D eigenvalue weighted by Gasteiger charge is 2.37. The summed E-state index contributed by atoms with van der Waals surface area (Å²) in [6.07, 6.45) is 0.793. The van der Waals surface area contributed by atoms with Gasteiger partial charge < -0.3 is 4.74 Å². The van der Waals surface area contributed by atoms with Crippen molar-refractivity contribution in [2.45, 2.75) is 30.4 Å². The van der Waals surface area contributed by atoms with Gasteiger partial charge in [0.25, 0.3) is 0 Å². The number of ether oxygens (including phenoxy) is 1. The quantitative estimate of drug-likeness (QED) is 0.703. The predicted octanol–water partition coefficient (Wildman–Crippen LogP) is 3.82. The number of sulfonamides is 1. The van der Waals surface area contributed by atoms with E-state index >= 15 is 0 Å². The highest BCUT2D eigenvalue weighted by Crippen LogP contribution is 2.34. The van der Waals surface area contributed by atoms with E-state index in [0.29, 0.717) is 30.8 Å². The summed E-state index contributed by atoms with van der Waals surface area (Å²) in [5.74, 6) is 0. The van der Waals surface area contributed by atoms with Crippen LogP contribution >= 0.6 is 27.3 Å². The first-order valence-electron chi connectivity index (χ1n) is 8.23. The molecule has 0 N–H and O–H groups in total. The van der Waals surface area contributed by atoms with Crippen molar-refractivity contribution in [3.63, 3.8) is 0 Å². The molecule has 1 saturated heterocycles. The van der Waals surface area contributed by atoms with E-state index in [1.807, 2.05) is 18.2 Å². The van der Waals surface area contributed by atoms with Gasteiger partial charge in [-0.15, -0.1) is 0 Å². The molecule has 0 bridgehead atoms. The maximum absolute atomic E-state index is 12.7. The van der Waals surface area contributed by atoms with Crippen molar-refractivity contribution in [1.82, 2.24) is 4.31 Å². The number of halogens is 1. The summed E-state index contributed by atoms with van der Waals surface area (Å²) in [6.45, 7) is 1.03. The van der Waals surface area contributed by atoms with Gasteiger partial charge in [0.05, 0.1) is 10.6 Å². The Kier molecular flexibility index (Phi) is 4.81. The molecule has 1 aromatic heterocycles. The minimum absolute atomic E-state index is 0.0725. The number of hydrogen-bond donors (Lipinski definition) is 0. The second-order valence-corrected chi connectivity index (χ2v) is 9.93. The number of nitrogens with zero attached hydrogens (tertiary/aromatic N) is 2. The number of cyclic esters (lactones) is 1. The fourth-order valence-electron chi connectivity index (χ4n) is 3.45. The number of carbonyl (C=O) groups is 1. The zero-order chi connectivity index (χ0) is 18.3. The Bertz CT molecular complexity index is 922. The van der Waals surface area contributed by atoms with Gasteiger partial charge in [-0.05, 0) is 42.5 Å². The number of fused-ring (bicyclic) bond motifs is 1. The summed E-state index contributed by atoms with van der Waals surface area (Å²) in [4.78, 5) is 14.4. The van der Waals surface area contributed by atoms with Crippen LogP contribution in [0, 0.1) is 0 Å². The molecule has 1 aromatic carbocycles. The van der Waals surface area contributed by atoms with Crippen molar-refractivity contribution in [1.29, 1.82) is 0 Å². The maximum Gasteiger partial charge on any atom is 0.414 e. The minimum atomic E-state index is -3.45. The third-order valence-corrected chi connectivity index (χ3v) is 7.99. The number of amides is 1. The standard InChI is InChI=1S/C17H17BrN2O4S2/c18-13-1-2-16-12(9-13)10-24-17(21)20(16)14-3-6-19(7-4-14)26(22,23)15-5-8-25-11-15/h1-2,5,8-9,11,14H,3-4,6-7,10H2. The van der Waals surface area contributed by atoms with Crippen molar-refractivity contribution in [2.75, 3.05) is 18.0 Å². The lowest BCUT2D eigenvalue weighted by atomic mass is 10.0. The topological polar surface area (TPSA) is 66.9 Å². The van der Waals surface area contributed by atoms with Crippen molar-refractivity contribution in [3.05, 3.63) is 45.1 Å². The van der Waals surface area contributed by atoms with Crippen LogP contribution in [0.2, 0.25) is 0 Å². The summed E-state index contributed by atoms with van der Waals surface area (Å²) in [6, 6.07) is 7.32. The van der Waals surface area contributed by atoms with Gasteiger partial charge in [-0.3, -0.25) is 4.90 Å². The van der Waals surface area contributed by atoms with E-state index in [9.17, 15) is 13.2 Å². The van der Waals surface area contributed by atoms with E-state index in [0.717, 1.165) is 15.7 Å². The van der Waals surface area contributed by atoms with Crippen LogP contribution in [0.4, 0.5) is 10.5 Å². The van der Waals surface area contributed by atoms with Crippen molar-refractivity contribution in [2.24, 2.45) is 0 Å². The molecule has 0 spiro atoms. The van der Waals surface area contributed by atoms with E-state index in [2.05, 4.69) is 15.9 Å². The molecule has 0 radical (unpaired) electrons. The monoisotopic (exact) mass is 456 g/mol. The number of carbonyl (C=O) groups excluding carboxylic acids is 1. The molecular weight excluding hydrogens is 440 g/mol. The molecule has 1 fully saturated rings. The Balaban J connectivity index is 1.53. The van der Waals surface area contributed by atoms with Gasteiger partial charge in [-0.25, -0.2) is 13.2 Å². The van der Waals surface area contributed by atoms with Gasteiger partial charge in [0.2, 0.25) is 10.0 Å². The largest absolute Gasteiger partial charge is 0.444 e. The molecule has 3 heterocycles. The maximum atomic E-state index is 12.7. The Morgan fingerprint density at radius 2 is 1.96 bits per heavy atom. The highest BCUT2D eigenvalue weighted by atomic mass is 79.9. The van der Waals surface area contributed by atoms with E-state index in [1.165, 1.54) is 15.6 Å². The Morgan fingerprint density at radius 1 is 1.19 bits per heavy atom. The Labute approximate surface area is 164 Å². The van der Waals surface area contributed by atoms with E-state index in [1.54, 1.807) is 21.7 Å².